The maximum Gasteiger partial charge on any atom is 0.355 e. The Morgan fingerprint density at radius 1 is 1.07 bits per heavy atom. The van der Waals surface area contributed by atoms with Crippen molar-refractivity contribution >= 4 is 43.0 Å². The van der Waals surface area contributed by atoms with E-state index in [2.05, 4.69) is 16.4 Å². The van der Waals surface area contributed by atoms with Crippen LogP contribution in [-0.2, 0) is 23.1 Å². The number of likely N-dealkylation sites (N-methyl/N-ethyl adjacent to an activating group) is 1. The predicted molar refractivity (Wildman–Crippen MR) is 167 cm³/mol. The number of nitriles is 1. The number of benzene rings is 3. The van der Waals surface area contributed by atoms with E-state index in [0.29, 0.717) is 32.8 Å². The number of hydrogen-bond acceptors (Lipinski definition) is 7. The Kier molecular flexibility index (Phi) is 7.85. The first-order chi connectivity index (χ1) is 20.8. The fourth-order valence-corrected chi connectivity index (χ4v) is 7.89. The van der Waals surface area contributed by atoms with Gasteiger partial charge in [0.05, 0.1) is 60.9 Å². The quantitative estimate of drug-likeness (QED) is 0.257. The van der Waals surface area contributed by atoms with E-state index in [9.17, 15) is 13.2 Å². The Balaban J connectivity index is 1.36. The molecule has 43 heavy (non-hydrogen) atoms. The van der Waals surface area contributed by atoms with Crippen molar-refractivity contribution in [3.05, 3.63) is 113 Å². The molecule has 0 aliphatic carbocycles. The predicted octanol–water partition coefficient (Wildman–Crippen LogP) is 4.60. The molecule has 218 valence electrons. The standard InChI is InChI=1S/C32H31N6O3S2/c1-38(15-13-34-14-16-38)32(39)31-18-26-17-27(11-12-30(26)42-31)37(43(40,41)29-5-3-2-4-6-29)22-28-20-35-23-36(28)21-25-9-7-24(19-33)8-10-25/h2-12,17-18,20,23,34H,13-16,21-22H2,1H3/q+1. The fourth-order valence-electron chi connectivity index (χ4n) is 5.33. The van der Waals surface area contributed by atoms with Crippen LogP contribution in [0.5, 0.6) is 0 Å². The molecule has 9 nitrogen and oxygen atoms in total. The van der Waals surface area contributed by atoms with Crippen LogP contribution < -0.4 is 9.62 Å². The highest BCUT2D eigenvalue weighted by Crippen LogP contribution is 2.34. The van der Waals surface area contributed by atoms with Crippen molar-refractivity contribution < 1.29 is 17.7 Å². The van der Waals surface area contributed by atoms with E-state index in [1.54, 1.807) is 61.1 Å². The Labute approximate surface area is 254 Å². The van der Waals surface area contributed by atoms with Crippen molar-refractivity contribution in [2.24, 2.45) is 0 Å². The van der Waals surface area contributed by atoms with Gasteiger partial charge in [-0.25, -0.2) is 18.2 Å². The number of carbonyl (C=O) groups excluding carboxylic acids is 1. The third-order valence-corrected chi connectivity index (χ3v) is 10.8. The third kappa shape index (κ3) is 5.83. The van der Waals surface area contributed by atoms with Gasteiger partial charge >= 0.3 is 5.91 Å². The number of piperazine rings is 1. The van der Waals surface area contributed by atoms with Gasteiger partial charge in [0.15, 0.2) is 0 Å². The second kappa shape index (κ2) is 11.7. The number of sulfonamides is 1. The van der Waals surface area contributed by atoms with Crippen LogP contribution in [0.1, 0.15) is 26.5 Å². The molecule has 3 heterocycles. The Morgan fingerprint density at radius 3 is 2.53 bits per heavy atom. The summed E-state index contributed by atoms with van der Waals surface area (Å²) in [6.45, 7) is 3.59. The molecule has 1 fully saturated rings. The van der Waals surface area contributed by atoms with Crippen LogP contribution in [-0.4, -0.2) is 61.6 Å². The van der Waals surface area contributed by atoms with Crippen molar-refractivity contribution in [2.45, 2.75) is 18.0 Å². The highest BCUT2D eigenvalue weighted by Gasteiger charge is 2.35. The van der Waals surface area contributed by atoms with E-state index in [1.807, 2.05) is 41.9 Å². The van der Waals surface area contributed by atoms with Gasteiger partial charge in [-0.05, 0) is 59.5 Å². The first-order valence-corrected chi connectivity index (χ1v) is 16.2. The lowest BCUT2D eigenvalue weighted by molar-refractivity contribution is -0.830. The summed E-state index contributed by atoms with van der Waals surface area (Å²) in [5.74, 6) is 0.0877. The lowest BCUT2D eigenvalue weighted by atomic mass is 10.1. The highest BCUT2D eigenvalue weighted by atomic mass is 32.2. The second-order valence-electron chi connectivity index (χ2n) is 10.9. The van der Waals surface area contributed by atoms with Crippen molar-refractivity contribution in [3.8, 4) is 6.07 Å². The lowest BCUT2D eigenvalue weighted by Crippen LogP contribution is -2.59. The number of hydrogen-bond donors (Lipinski definition) is 1. The van der Waals surface area contributed by atoms with Gasteiger partial charge in [0, 0.05) is 30.5 Å². The van der Waals surface area contributed by atoms with Crippen LogP contribution in [0.3, 0.4) is 0 Å². The van der Waals surface area contributed by atoms with Crippen LogP contribution >= 0.6 is 11.3 Å². The molecule has 5 aromatic rings. The first-order valence-electron chi connectivity index (χ1n) is 14.0. The molecule has 3 aromatic carbocycles. The zero-order valence-electron chi connectivity index (χ0n) is 23.7. The van der Waals surface area contributed by atoms with Crippen LogP contribution in [0.4, 0.5) is 5.69 Å². The van der Waals surface area contributed by atoms with Gasteiger partial charge in [0.2, 0.25) is 0 Å². The smallest absolute Gasteiger partial charge is 0.328 e. The third-order valence-electron chi connectivity index (χ3n) is 7.92. The summed E-state index contributed by atoms with van der Waals surface area (Å²) in [6, 6.07) is 25.2. The molecule has 1 aliphatic heterocycles. The van der Waals surface area contributed by atoms with Crippen molar-refractivity contribution in [2.75, 3.05) is 37.5 Å². The summed E-state index contributed by atoms with van der Waals surface area (Å²) in [4.78, 5) is 18.7. The molecule has 1 amide bonds. The summed E-state index contributed by atoms with van der Waals surface area (Å²) >= 11 is 1.45. The molecular weight excluding hydrogens is 581 g/mol. The van der Waals surface area contributed by atoms with E-state index < -0.39 is 10.0 Å². The summed E-state index contributed by atoms with van der Waals surface area (Å²) < 4.78 is 32.8. The van der Waals surface area contributed by atoms with E-state index >= 15 is 0 Å². The summed E-state index contributed by atoms with van der Waals surface area (Å²) in [7, 11) is -1.97. The Morgan fingerprint density at radius 2 is 1.81 bits per heavy atom. The molecule has 1 N–H and O–H groups in total. The maximum atomic E-state index is 14.1. The minimum absolute atomic E-state index is 0.0525. The van der Waals surface area contributed by atoms with Crippen LogP contribution in [0.25, 0.3) is 10.1 Å². The molecule has 0 spiro atoms. The van der Waals surface area contributed by atoms with Gasteiger partial charge in [-0.3, -0.25) is 8.79 Å². The number of nitrogens with zero attached hydrogens (tertiary/aromatic N) is 5. The van der Waals surface area contributed by atoms with Gasteiger partial charge in [0.25, 0.3) is 10.0 Å². The summed E-state index contributed by atoms with van der Waals surface area (Å²) in [5.41, 5.74) is 2.75. The Hall–Kier alpha value is -4.34. The molecule has 6 rings (SSSR count). The number of anilines is 1. The number of fused-ring (bicyclic) bond motifs is 1. The van der Waals surface area contributed by atoms with Crippen LogP contribution in [0.15, 0.2) is 96.3 Å². The lowest BCUT2D eigenvalue weighted by Gasteiger charge is -2.34. The van der Waals surface area contributed by atoms with E-state index in [1.165, 1.54) is 15.6 Å². The number of thiophene rings is 1. The molecular formula is C32H31N6O3S2+. The number of amides is 1. The molecule has 0 bridgehead atoms. The number of aromatic nitrogens is 2. The number of quaternary nitrogens is 1. The zero-order valence-corrected chi connectivity index (χ0v) is 25.3. The highest BCUT2D eigenvalue weighted by molar-refractivity contribution is 7.92. The SMILES string of the molecule is C[N+]1(C(=O)c2cc3cc(N(Cc4cncn4Cc4ccc(C#N)cc4)S(=O)(=O)c4ccccc4)ccc3s2)CCNCC1. The molecule has 2 aromatic heterocycles. The molecule has 0 atom stereocenters. The topological polar surface area (TPSA) is 108 Å². The van der Waals surface area contributed by atoms with Crippen molar-refractivity contribution in [1.29, 1.82) is 5.26 Å². The molecule has 0 saturated carbocycles. The zero-order chi connectivity index (χ0) is 30.0. The molecule has 0 unspecified atom stereocenters. The monoisotopic (exact) mass is 611 g/mol. The minimum Gasteiger partial charge on any atom is -0.328 e. The van der Waals surface area contributed by atoms with E-state index in [-0.39, 0.29) is 17.3 Å². The number of imidazole rings is 1. The van der Waals surface area contributed by atoms with E-state index in [4.69, 9.17) is 5.26 Å². The Bertz CT molecular complexity index is 1920. The molecule has 1 saturated heterocycles. The number of carbonyl (C=O) groups is 1. The average molecular weight is 612 g/mol. The fraction of sp³-hybridized carbons (Fsp3) is 0.219. The van der Waals surface area contributed by atoms with Gasteiger partial charge < -0.3 is 9.88 Å². The largest absolute Gasteiger partial charge is 0.355 e. The molecule has 0 radical (unpaired) electrons. The molecule has 11 heteroatoms. The average Bonchev–Trinajstić information content (AvgIpc) is 3.66. The number of rotatable bonds is 8. The van der Waals surface area contributed by atoms with Gasteiger partial charge in [-0.15, -0.1) is 11.3 Å². The minimum atomic E-state index is -3.95. The van der Waals surface area contributed by atoms with Gasteiger partial charge in [0.1, 0.15) is 4.88 Å². The normalized spacial score (nSPS) is 14.8. The van der Waals surface area contributed by atoms with Gasteiger partial charge in [-0.1, -0.05) is 30.3 Å². The van der Waals surface area contributed by atoms with Crippen molar-refractivity contribution in [3.63, 3.8) is 0 Å². The summed E-state index contributed by atoms with van der Waals surface area (Å²) in [6.07, 6.45) is 3.36. The second-order valence-corrected chi connectivity index (χ2v) is 13.8. The first kappa shape index (κ1) is 28.8. The molecule has 1 aliphatic rings. The maximum absolute atomic E-state index is 14.1. The number of nitrogens with one attached hydrogen (secondary N) is 1. The van der Waals surface area contributed by atoms with Gasteiger partial charge in [-0.2, -0.15) is 5.26 Å². The van der Waals surface area contributed by atoms with E-state index in [0.717, 1.165) is 41.8 Å². The summed E-state index contributed by atoms with van der Waals surface area (Å²) in [5, 5.41) is 13.3. The van der Waals surface area contributed by atoms with Crippen LogP contribution in [0, 0.1) is 11.3 Å². The van der Waals surface area contributed by atoms with Crippen molar-refractivity contribution in [1.82, 2.24) is 14.9 Å². The van der Waals surface area contributed by atoms with Crippen LogP contribution in [0.2, 0.25) is 0 Å².